The quantitative estimate of drug-likeness (QED) is 0.895. The summed E-state index contributed by atoms with van der Waals surface area (Å²) in [7, 11) is 1.86. The molecule has 5 nitrogen and oxygen atoms in total. The fraction of sp³-hybridized carbons (Fsp3) is 0.526. The number of nitrogens with zero attached hydrogens (tertiary/aromatic N) is 3. The first-order valence-electron chi connectivity index (χ1n) is 8.83. The number of aromatic nitrogens is 2. The van der Waals surface area contributed by atoms with Crippen LogP contribution in [0, 0.1) is 11.3 Å². The molecule has 1 fully saturated rings. The molecule has 2 aliphatic rings. The summed E-state index contributed by atoms with van der Waals surface area (Å²) in [6.07, 6.45) is 12.6. The van der Waals surface area contributed by atoms with Gasteiger partial charge in [-0.3, -0.25) is 4.79 Å². The number of hydrogen-bond acceptors (Lipinski definition) is 4. The van der Waals surface area contributed by atoms with E-state index in [2.05, 4.69) is 16.3 Å². The monoisotopic (exact) mass is 360 g/mol. The molecule has 25 heavy (non-hydrogen) atoms. The molecule has 6 heteroatoms. The van der Waals surface area contributed by atoms with Crippen molar-refractivity contribution in [3.63, 3.8) is 0 Å². The Morgan fingerprint density at radius 1 is 1.44 bits per heavy atom. The van der Waals surface area contributed by atoms with Crippen LogP contribution < -0.4 is 5.73 Å². The number of nitrogens with two attached hydrogens (primary N) is 1. The van der Waals surface area contributed by atoms with Gasteiger partial charge < -0.3 is 10.6 Å². The molecular formula is C19H25ClN4O. The van der Waals surface area contributed by atoms with E-state index in [1.165, 1.54) is 0 Å². The Morgan fingerprint density at radius 3 is 2.80 bits per heavy atom. The van der Waals surface area contributed by atoms with E-state index in [9.17, 15) is 4.79 Å². The maximum atomic E-state index is 12.6. The summed E-state index contributed by atoms with van der Waals surface area (Å²) in [6.45, 7) is 0.653. The predicted octanol–water partition coefficient (Wildman–Crippen LogP) is 3.14. The van der Waals surface area contributed by atoms with Crippen molar-refractivity contribution >= 4 is 17.5 Å². The molecule has 0 saturated heterocycles. The summed E-state index contributed by atoms with van der Waals surface area (Å²) in [5, 5.41) is 8.63. The van der Waals surface area contributed by atoms with Crippen molar-refractivity contribution in [2.45, 2.75) is 38.1 Å². The van der Waals surface area contributed by atoms with Crippen molar-refractivity contribution in [3.05, 3.63) is 47.3 Å². The largest absolute Gasteiger partial charge is 0.337 e. The van der Waals surface area contributed by atoms with Gasteiger partial charge >= 0.3 is 0 Å². The Labute approximate surface area is 153 Å². The van der Waals surface area contributed by atoms with Gasteiger partial charge in [-0.1, -0.05) is 23.8 Å². The third kappa shape index (κ3) is 3.77. The minimum absolute atomic E-state index is 0.0677. The minimum atomic E-state index is -0.0677. The predicted molar refractivity (Wildman–Crippen MR) is 99.1 cm³/mol. The molecule has 1 heterocycles. The van der Waals surface area contributed by atoms with Crippen molar-refractivity contribution in [2.24, 2.45) is 17.1 Å². The molecule has 1 unspecified atom stereocenters. The normalized spacial score (nSPS) is 29.2. The molecular weight excluding hydrogens is 336 g/mol. The number of hydrogen-bond donors (Lipinski definition) is 1. The first-order chi connectivity index (χ1) is 12.1. The van der Waals surface area contributed by atoms with E-state index in [0.717, 1.165) is 37.1 Å². The van der Waals surface area contributed by atoms with Crippen LogP contribution >= 0.6 is 11.6 Å². The van der Waals surface area contributed by atoms with Crippen LogP contribution in [-0.2, 0) is 0 Å². The van der Waals surface area contributed by atoms with Crippen molar-refractivity contribution in [3.8, 4) is 0 Å². The van der Waals surface area contributed by atoms with Gasteiger partial charge in [0.15, 0.2) is 5.69 Å². The van der Waals surface area contributed by atoms with Gasteiger partial charge in [0.2, 0.25) is 0 Å². The van der Waals surface area contributed by atoms with Crippen molar-refractivity contribution in [1.82, 2.24) is 15.1 Å². The number of carbonyl (C=O) groups excluding carboxylic acids is 1. The highest BCUT2D eigenvalue weighted by atomic mass is 35.5. The van der Waals surface area contributed by atoms with Gasteiger partial charge in [0.25, 0.3) is 5.91 Å². The molecule has 134 valence electrons. The fourth-order valence-electron chi connectivity index (χ4n) is 4.11. The number of allylic oxidation sites excluding steroid dienone is 4. The molecule has 0 spiro atoms. The summed E-state index contributed by atoms with van der Waals surface area (Å²) in [6, 6.07) is 3.66. The summed E-state index contributed by atoms with van der Waals surface area (Å²) in [4.78, 5) is 14.4. The number of amides is 1. The molecule has 3 rings (SSSR count). The first-order valence-corrected chi connectivity index (χ1v) is 9.21. The average Bonchev–Trinajstić information content (AvgIpc) is 2.67. The van der Waals surface area contributed by atoms with E-state index < -0.39 is 0 Å². The lowest BCUT2D eigenvalue weighted by molar-refractivity contribution is 0.0524. The van der Waals surface area contributed by atoms with E-state index in [4.69, 9.17) is 17.3 Å². The Balaban J connectivity index is 1.65. The standard InChI is InChI=1S/C19H25ClN4O/c1-24(18(25)17-6-3-11-22-23-17)16-7-9-19(13-21,10-8-16)14-4-2-5-15(20)12-14/h2-6,11,14,16H,7-10,12-13,21H2,1H3. The fourth-order valence-corrected chi connectivity index (χ4v) is 4.35. The number of carbonyl (C=O) groups is 1. The zero-order valence-corrected chi connectivity index (χ0v) is 15.3. The molecule has 1 aromatic rings. The van der Waals surface area contributed by atoms with E-state index in [-0.39, 0.29) is 17.4 Å². The molecule has 2 N–H and O–H groups in total. The number of rotatable bonds is 4. The topological polar surface area (TPSA) is 72.1 Å². The highest BCUT2D eigenvalue weighted by Crippen LogP contribution is 2.47. The van der Waals surface area contributed by atoms with Crippen LogP contribution in [0.5, 0.6) is 0 Å². The van der Waals surface area contributed by atoms with Crippen LogP contribution in [0.1, 0.15) is 42.6 Å². The maximum Gasteiger partial charge on any atom is 0.274 e. The first kappa shape index (κ1) is 18.1. The molecule has 1 amide bonds. The van der Waals surface area contributed by atoms with Crippen LogP contribution in [0.3, 0.4) is 0 Å². The van der Waals surface area contributed by atoms with E-state index in [1.807, 2.05) is 24.1 Å². The lowest BCUT2D eigenvalue weighted by Gasteiger charge is -2.46. The summed E-state index contributed by atoms with van der Waals surface area (Å²) < 4.78 is 0. The summed E-state index contributed by atoms with van der Waals surface area (Å²) >= 11 is 6.24. The molecule has 0 bridgehead atoms. The SMILES string of the molecule is CN(C(=O)c1cccnn1)C1CCC(CN)(C2C=CC=C(Cl)C2)CC1. The van der Waals surface area contributed by atoms with Crippen molar-refractivity contribution in [1.29, 1.82) is 0 Å². The third-order valence-corrected chi connectivity index (χ3v) is 6.12. The Kier molecular flexibility index (Phi) is 5.54. The Bertz CT molecular complexity index is 665. The van der Waals surface area contributed by atoms with Gasteiger partial charge in [-0.15, -0.1) is 5.10 Å². The van der Waals surface area contributed by atoms with Crippen LogP contribution in [-0.4, -0.2) is 40.6 Å². The van der Waals surface area contributed by atoms with Crippen LogP contribution in [0.4, 0.5) is 0 Å². The molecule has 0 aromatic carbocycles. The number of halogens is 1. The highest BCUT2D eigenvalue weighted by molar-refractivity contribution is 6.29. The van der Waals surface area contributed by atoms with Gasteiger partial charge in [0.1, 0.15) is 0 Å². The third-order valence-electron chi connectivity index (χ3n) is 5.84. The summed E-state index contributed by atoms with van der Waals surface area (Å²) in [5.41, 5.74) is 6.67. The van der Waals surface area contributed by atoms with E-state index >= 15 is 0 Å². The molecule has 1 atom stereocenters. The summed E-state index contributed by atoms with van der Waals surface area (Å²) in [5.74, 6) is 0.318. The Hall–Kier alpha value is -1.72. The molecule has 0 aliphatic heterocycles. The second-order valence-electron chi connectivity index (χ2n) is 7.13. The van der Waals surface area contributed by atoms with Gasteiger partial charge in [0, 0.05) is 24.3 Å². The minimum Gasteiger partial charge on any atom is -0.337 e. The van der Waals surface area contributed by atoms with Crippen LogP contribution in [0.25, 0.3) is 0 Å². The van der Waals surface area contributed by atoms with Gasteiger partial charge in [-0.2, -0.15) is 5.10 Å². The van der Waals surface area contributed by atoms with Gasteiger partial charge in [0.05, 0.1) is 0 Å². The van der Waals surface area contributed by atoms with E-state index in [1.54, 1.807) is 18.3 Å². The van der Waals surface area contributed by atoms with Gasteiger partial charge in [-0.05, 0) is 68.2 Å². The molecule has 1 aromatic heterocycles. The van der Waals surface area contributed by atoms with Gasteiger partial charge in [-0.25, -0.2) is 0 Å². The average molecular weight is 361 g/mol. The molecule has 1 saturated carbocycles. The molecule has 2 aliphatic carbocycles. The Morgan fingerprint density at radius 2 is 2.20 bits per heavy atom. The maximum absolute atomic E-state index is 12.6. The lowest BCUT2D eigenvalue weighted by atomic mass is 9.63. The van der Waals surface area contributed by atoms with Crippen molar-refractivity contribution in [2.75, 3.05) is 13.6 Å². The second kappa shape index (κ2) is 7.67. The molecule has 0 radical (unpaired) electrons. The van der Waals surface area contributed by atoms with Crippen molar-refractivity contribution < 1.29 is 4.79 Å². The lowest BCUT2D eigenvalue weighted by Crippen LogP contribution is -2.47. The highest BCUT2D eigenvalue weighted by Gasteiger charge is 2.41. The zero-order valence-electron chi connectivity index (χ0n) is 14.6. The zero-order chi connectivity index (χ0) is 17.9. The van der Waals surface area contributed by atoms with E-state index in [0.29, 0.717) is 18.2 Å². The smallest absolute Gasteiger partial charge is 0.274 e. The second-order valence-corrected chi connectivity index (χ2v) is 7.62. The van der Waals surface area contributed by atoms with Crippen LogP contribution in [0.15, 0.2) is 41.6 Å². The van der Waals surface area contributed by atoms with Crippen LogP contribution in [0.2, 0.25) is 0 Å².